The Balaban J connectivity index is 2.48. The van der Waals surface area contributed by atoms with Crippen molar-refractivity contribution in [3.63, 3.8) is 0 Å². The van der Waals surface area contributed by atoms with Gasteiger partial charge in [-0.15, -0.1) is 0 Å². The molecule has 5 heteroatoms. The van der Waals surface area contributed by atoms with Crippen molar-refractivity contribution in [3.05, 3.63) is 29.6 Å². The molecule has 0 aromatic carbocycles. The maximum atomic E-state index is 4.94. The van der Waals surface area contributed by atoms with Crippen LogP contribution in [0.1, 0.15) is 18.3 Å². The zero-order valence-corrected chi connectivity index (χ0v) is 9.64. The van der Waals surface area contributed by atoms with Gasteiger partial charge in [0.2, 0.25) is 0 Å². The predicted octanol–water partition coefficient (Wildman–Crippen LogP) is 1.21. The largest absolute Gasteiger partial charge is 0.362 e. The molecule has 0 unspecified atom stereocenters. The maximum absolute atomic E-state index is 4.94. The average Bonchev–Trinajstić information content (AvgIpc) is 2.18. The second kappa shape index (κ2) is 6.08. The number of rotatable bonds is 3. The Morgan fingerprint density at radius 2 is 2.40 bits per heavy atom. The molecule has 1 rings (SSSR count). The Kier molecular flexibility index (Phi) is 4.70. The summed E-state index contributed by atoms with van der Waals surface area (Å²) in [5, 5.41) is 7.40. The van der Waals surface area contributed by atoms with Crippen LogP contribution in [0, 0.1) is 6.92 Å². The van der Waals surface area contributed by atoms with Crippen molar-refractivity contribution in [2.75, 3.05) is 6.54 Å². The van der Waals surface area contributed by atoms with Crippen LogP contribution in [-0.4, -0.2) is 22.9 Å². The van der Waals surface area contributed by atoms with Gasteiger partial charge in [-0.3, -0.25) is 10.4 Å². The Morgan fingerprint density at radius 1 is 1.60 bits per heavy atom. The number of aromatic nitrogens is 1. The Morgan fingerprint density at radius 3 is 3.07 bits per heavy atom. The van der Waals surface area contributed by atoms with Crippen LogP contribution in [0.4, 0.5) is 0 Å². The predicted molar refractivity (Wildman–Crippen MR) is 66.0 cm³/mol. The molecule has 0 aliphatic carbocycles. The van der Waals surface area contributed by atoms with Crippen molar-refractivity contribution in [2.24, 2.45) is 5.10 Å². The molecule has 0 atom stereocenters. The molecule has 0 aliphatic rings. The summed E-state index contributed by atoms with van der Waals surface area (Å²) in [4.78, 5) is 4.26. The van der Waals surface area contributed by atoms with E-state index in [1.54, 1.807) is 6.21 Å². The topological polar surface area (TPSA) is 49.3 Å². The molecule has 1 heterocycles. The summed E-state index contributed by atoms with van der Waals surface area (Å²) in [6.07, 6.45) is 1.64. The fraction of sp³-hybridized carbons (Fsp3) is 0.300. The minimum absolute atomic E-state index is 0.515. The van der Waals surface area contributed by atoms with Crippen LogP contribution in [0.15, 0.2) is 23.3 Å². The standard InChI is InChI=1S/C10H14N4S/c1-3-11-10(15)14-12-7-9-6-4-5-8(2)13-9/h4-7H,3H2,1-2H3,(H2,11,14,15)/b12-7+. The van der Waals surface area contributed by atoms with Crippen LogP contribution in [0.2, 0.25) is 0 Å². The second-order valence-corrected chi connectivity index (χ2v) is 3.34. The minimum Gasteiger partial charge on any atom is -0.362 e. The third kappa shape index (κ3) is 4.51. The average molecular weight is 222 g/mol. The summed E-state index contributed by atoms with van der Waals surface area (Å²) in [5.74, 6) is 0. The number of nitrogens with zero attached hydrogens (tertiary/aromatic N) is 2. The van der Waals surface area contributed by atoms with Crippen LogP contribution in [0.3, 0.4) is 0 Å². The highest BCUT2D eigenvalue weighted by Gasteiger charge is 1.90. The van der Waals surface area contributed by atoms with Gasteiger partial charge in [0, 0.05) is 12.2 Å². The van der Waals surface area contributed by atoms with Gasteiger partial charge in [0.15, 0.2) is 5.11 Å². The number of hydrazone groups is 1. The molecule has 0 amide bonds. The summed E-state index contributed by atoms with van der Waals surface area (Å²) in [7, 11) is 0. The van der Waals surface area contributed by atoms with Crippen LogP contribution in [0.5, 0.6) is 0 Å². The second-order valence-electron chi connectivity index (χ2n) is 2.93. The first-order chi connectivity index (χ1) is 7.22. The minimum atomic E-state index is 0.515. The molecule has 15 heavy (non-hydrogen) atoms. The van der Waals surface area contributed by atoms with Crippen molar-refractivity contribution >= 4 is 23.5 Å². The van der Waals surface area contributed by atoms with Crippen molar-refractivity contribution in [2.45, 2.75) is 13.8 Å². The van der Waals surface area contributed by atoms with Crippen molar-refractivity contribution in [3.8, 4) is 0 Å². The highest BCUT2D eigenvalue weighted by molar-refractivity contribution is 7.80. The lowest BCUT2D eigenvalue weighted by Crippen LogP contribution is -2.31. The van der Waals surface area contributed by atoms with E-state index in [4.69, 9.17) is 12.2 Å². The molecule has 0 saturated heterocycles. The van der Waals surface area contributed by atoms with Gasteiger partial charge < -0.3 is 5.32 Å². The Hall–Kier alpha value is -1.49. The van der Waals surface area contributed by atoms with Crippen molar-refractivity contribution in [1.29, 1.82) is 0 Å². The first-order valence-electron chi connectivity index (χ1n) is 4.73. The summed E-state index contributed by atoms with van der Waals surface area (Å²) in [6.45, 7) is 4.69. The fourth-order valence-corrected chi connectivity index (χ4v) is 1.19. The smallest absolute Gasteiger partial charge is 0.186 e. The van der Waals surface area contributed by atoms with E-state index < -0.39 is 0 Å². The molecule has 1 aromatic rings. The SMILES string of the molecule is CCNC(=S)N/N=C/c1cccc(C)n1. The van der Waals surface area contributed by atoms with Crippen LogP contribution in [0.25, 0.3) is 0 Å². The first-order valence-corrected chi connectivity index (χ1v) is 5.13. The quantitative estimate of drug-likeness (QED) is 0.458. The van der Waals surface area contributed by atoms with E-state index in [0.29, 0.717) is 5.11 Å². The first kappa shape index (κ1) is 11.6. The Labute approximate surface area is 94.8 Å². The maximum Gasteiger partial charge on any atom is 0.186 e. The number of hydrogen-bond acceptors (Lipinski definition) is 3. The normalized spacial score (nSPS) is 10.3. The molecule has 80 valence electrons. The van der Waals surface area contributed by atoms with Crippen LogP contribution in [-0.2, 0) is 0 Å². The summed E-state index contributed by atoms with van der Waals surface area (Å²) < 4.78 is 0. The summed E-state index contributed by atoms with van der Waals surface area (Å²) in [6, 6.07) is 5.76. The molecule has 2 N–H and O–H groups in total. The molecule has 0 bridgehead atoms. The summed E-state index contributed by atoms with van der Waals surface area (Å²) >= 11 is 4.94. The third-order valence-electron chi connectivity index (χ3n) is 1.61. The van der Waals surface area contributed by atoms with Gasteiger partial charge in [-0.1, -0.05) is 6.07 Å². The molecule has 0 saturated carbocycles. The Bertz CT molecular complexity index is 362. The number of hydrogen-bond donors (Lipinski definition) is 2. The molecule has 4 nitrogen and oxygen atoms in total. The summed E-state index contributed by atoms with van der Waals surface area (Å²) in [5.41, 5.74) is 4.47. The van der Waals surface area contributed by atoms with Gasteiger partial charge >= 0.3 is 0 Å². The van der Waals surface area contributed by atoms with Crippen LogP contribution >= 0.6 is 12.2 Å². The molecule has 1 aromatic heterocycles. The number of thiocarbonyl (C=S) groups is 1. The van der Waals surface area contributed by atoms with Gasteiger partial charge in [-0.25, -0.2) is 0 Å². The van der Waals surface area contributed by atoms with E-state index in [9.17, 15) is 0 Å². The van der Waals surface area contributed by atoms with Gasteiger partial charge in [-0.05, 0) is 38.2 Å². The highest BCUT2D eigenvalue weighted by Crippen LogP contribution is 1.94. The van der Waals surface area contributed by atoms with E-state index in [1.165, 1.54) is 0 Å². The van der Waals surface area contributed by atoms with Gasteiger partial charge in [0.05, 0.1) is 11.9 Å². The molecular formula is C10H14N4S. The fourth-order valence-electron chi connectivity index (χ4n) is 0.993. The highest BCUT2D eigenvalue weighted by atomic mass is 32.1. The lowest BCUT2D eigenvalue weighted by molar-refractivity contribution is 0.903. The molecular weight excluding hydrogens is 208 g/mol. The third-order valence-corrected chi connectivity index (χ3v) is 1.85. The molecule has 0 radical (unpaired) electrons. The van der Waals surface area contributed by atoms with E-state index >= 15 is 0 Å². The van der Waals surface area contributed by atoms with E-state index in [1.807, 2.05) is 32.0 Å². The molecule has 0 aliphatic heterocycles. The van der Waals surface area contributed by atoms with E-state index in [-0.39, 0.29) is 0 Å². The molecule has 0 fully saturated rings. The lowest BCUT2D eigenvalue weighted by Gasteiger charge is -2.02. The zero-order valence-electron chi connectivity index (χ0n) is 8.82. The lowest BCUT2D eigenvalue weighted by atomic mass is 10.3. The van der Waals surface area contributed by atoms with E-state index in [2.05, 4.69) is 20.8 Å². The number of pyridine rings is 1. The monoisotopic (exact) mass is 222 g/mol. The van der Waals surface area contributed by atoms with Crippen LogP contribution < -0.4 is 10.7 Å². The molecule has 0 spiro atoms. The van der Waals surface area contributed by atoms with Gasteiger partial charge in [0.1, 0.15) is 0 Å². The van der Waals surface area contributed by atoms with Gasteiger partial charge in [0.25, 0.3) is 0 Å². The van der Waals surface area contributed by atoms with E-state index in [0.717, 1.165) is 17.9 Å². The van der Waals surface area contributed by atoms with Crippen molar-refractivity contribution in [1.82, 2.24) is 15.7 Å². The number of nitrogens with one attached hydrogen (secondary N) is 2. The van der Waals surface area contributed by atoms with Gasteiger partial charge in [-0.2, -0.15) is 5.10 Å². The number of aryl methyl sites for hydroxylation is 1. The zero-order chi connectivity index (χ0) is 11.1. The van der Waals surface area contributed by atoms with Crippen molar-refractivity contribution < 1.29 is 0 Å².